The minimum Gasteiger partial charge on any atom is -0.465 e. The molecule has 8 heteroatoms. The molecule has 0 aromatic rings. The summed E-state index contributed by atoms with van der Waals surface area (Å²) in [6.45, 7) is 16.2. The Morgan fingerprint density at radius 1 is 0.625 bits per heavy atom. The molecular weight excluding hydrogens is 703 g/mol. The lowest BCUT2D eigenvalue weighted by Gasteiger charge is -2.31. The molecule has 1 aliphatic heterocycles. The summed E-state index contributed by atoms with van der Waals surface area (Å²) < 4.78 is 29.4. The topological polar surface area (TPSA) is 83.5 Å². The number of rotatable bonds is 38. The third-order valence-corrected chi connectivity index (χ3v) is 11.1. The first-order chi connectivity index (χ1) is 27.4. The van der Waals surface area contributed by atoms with Crippen LogP contribution in [0.15, 0.2) is 24.3 Å². The molecule has 2 unspecified atom stereocenters. The van der Waals surface area contributed by atoms with Crippen LogP contribution in [0.5, 0.6) is 0 Å². The second-order valence-electron chi connectivity index (χ2n) is 16.3. The smallest absolute Gasteiger partial charge is 0.465 e. The fourth-order valence-corrected chi connectivity index (χ4v) is 7.51. The summed E-state index contributed by atoms with van der Waals surface area (Å²) in [5.41, 5.74) is 0. The summed E-state index contributed by atoms with van der Waals surface area (Å²) in [5.74, 6) is 0.756. The van der Waals surface area contributed by atoms with Crippen molar-refractivity contribution >= 4 is 12.1 Å². The average molecular weight is 792 g/mol. The maximum Gasteiger partial charge on any atom is 0.508 e. The van der Waals surface area contributed by atoms with Gasteiger partial charge in [-0.3, -0.25) is 4.79 Å². The first kappa shape index (κ1) is 52.1. The molecule has 0 bridgehead atoms. The van der Waals surface area contributed by atoms with E-state index >= 15 is 0 Å². The predicted octanol–water partition coefficient (Wildman–Crippen LogP) is 13.2. The standard InChI is InChI=1S/C48H89NO7/c1-6-11-15-19-21-25-37-52-47(53-38-26-22-20-16-12-7-2)35-34-46(50)54-41-45(42-56-48(51)55-40-44-33-28-36-49(10-5)39-44)32-27-31-43(29-23-17-13-8-3)30-24-18-14-9-4/h11-12,15-16,43-45,47H,6-10,13-14,17-42H2,1-5H3/b15-11-,16-12-. The molecular formula is C48H89NO7. The van der Waals surface area contributed by atoms with Gasteiger partial charge in [-0.1, -0.05) is 136 Å². The van der Waals surface area contributed by atoms with Crippen molar-refractivity contribution in [2.45, 2.75) is 201 Å². The minimum atomic E-state index is -0.611. The Kier molecular flexibility index (Phi) is 35.9. The molecule has 0 aromatic heterocycles. The number of likely N-dealkylation sites (tertiary alicyclic amines) is 1. The molecule has 1 saturated heterocycles. The molecule has 0 spiro atoms. The SMILES string of the molecule is CC/C=C\CCCCOC(CCC(=O)OCC(CCCC(CCCCCC)CCCCCC)COC(=O)OCC1CCCN(CC)C1)OCCCC/C=C\CC. The van der Waals surface area contributed by atoms with E-state index in [2.05, 4.69) is 63.8 Å². The highest BCUT2D eigenvalue weighted by molar-refractivity contribution is 5.69. The van der Waals surface area contributed by atoms with Crippen LogP contribution >= 0.6 is 0 Å². The number of ether oxygens (including phenoxy) is 5. The van der Waals surface area contributed by atoms with Crippen LogP contribution in [-0.4, -0.2) is 76.0 Å². The van der Waals surface area contributed by atoms with Gasteiger partial charge < -0.3 is 28.6 Å². The highest BCUT2D eigenvalue weighted by Gasteiger charge is 2.22. The summed E-state index contributed by atoms with van der Waals surface area (Å²) in [6, 6.07) is 0. The predicted molar refractivity (Wildman–Crippen MR) is 233 cm³/mol. The van der Waals surface area contributed by atoms with Gasteiger partial charge in [0.25, 0.3) is 0 Å². The van der Waals surface area contributed by atoms with E-state index in [4.69, 9.17) is 23.7 Å². The zero-order valence-corrected chi connectivity index (χ0v) is 37.3. The molecule has 2 atom stereocenters. The van der Waals surface area contributed by atoms with Crippen LogP contribution in [0.25, 0.3) is 0 Å². The number of hydrogen-bond acceptors (Lipinski definition) is 8. The number of nitrogens with zero attached hydrogens (tertiary/aromatic N) is 1. The second-order valence-corrected chi connectivity index (χ2v) is 16.3. The Morgan fingerprint density at radius 3 is 1.80 bits per heavy atom. The van der Waals surface area contributed by atoms with Crippen LogP contribution in [0, 0.1) is 17.8 Å². The van der Waals surface area contributed by atoms with Crippen LogP contribution in [0.4, 0.5) is 4.79 Å². The second kappa shape index (κ2) is 38.6. The van der Waals surface area contributed by atoms with Crippen molar-refractivity contribution in [3.63, 3.8) is 0 Å². The van der Waals surface area contributed by atoms with Gasteiger partial charge in [-0.2, -0.15) is 0 Å². The van der Waals surface area contributed by atoms with Crippen molar-refractivity contribution < 1.29 is 33.3 Å². The fourth-order valence-electron chi connectivity index (χ4n) is 7.51. The lowest BCUT2D eigenvalue weighted by molar-refractivity contribution is -0.160. The molecule has 0 N–H and O–H groups in total. The van der Waals surface area contributed by atoms with Crippen molar-refractivity contribution in [1.82, 2.24) is 4.90 Å². The quantitative estimate of drug-likeness (QED) is 0.0265. The van der Waals surface area contributed by atoms with E-state index < -0.39 is 12.4 Å². The first-order valence-corrected chi connectivity index (χ1v) is 23.7. The first-order valence-electron chi connectivity index (χ1n) is 23.7. The van der Waals surface area contributed by atoms with Crippen molar-refractivity contribution in [2.24, 2.45) is 17.8 Å². The normalized spacial score (nSPS) is 15.7. The Balaban J connectivity index is 2.74. The van der Waals surface area contributed by atoms with E-state index in [9.17, 15) is 9.59 Å². The molecule has 56 heavy (non-hydrogen) atoms. The van der Waals surface area contributed by atoms with Crippen molar-refractivity contribution in [3.05, 3.63) is 24.3 Å². The van der Waals surface area contributed by atoms with E-state index in [-0.39, 0.29) is 31.5 Å². The summed E-state index contributed by atoms with van der Waals surface area (Å²) in [5, 5.41) is 0. The summed E-state index contributed by atoms with van der Waals surface area (Å²) in [4.78, 5) is 28.3. The Labute approximate surface area is 345 Å². The van der Waals surface area contributed by atoms with E-state index in [0.717, 1.165) is 103 Å². The fraction of sp³-hybridized carbons (Fsp3) is 0.875. The number of piperidine rings is 1. The van der Waals surface area contributed by atoms with E-state index in [0.29, 0.717) is 32.2 Å². The molecule has 8 nitrogen and oxygen atoms in total. The molecule has 1 heterocycles. The Morgan fingerprint density at radius 2 is 1.21 bits per heavy atom. The van der Waals surface area contributed by atoms with Crippen LogP contribution in [0.1, 0.15) is 195 Å². The van der Waals surface area contributed by atoms with Crippen LogP contribution < -0.4 is 0 Å². The monoisotopic (exact) mass is 792 g/mol. The molecule has 0 saturated carbocycles. The van der Waals surface area contributed by atoms with Crippen LogP contribution in [-0.2, 0) is 28.5 Å². The van der Waals surface area contributed by atoms with E-state index in [1.807, 2.05) is 0 Å². The highest BCUT2D eigenvalue weighted by Crippen LogP contribution is 2.25. The van der Waals surface area contributed by atoms with Crippen molar-refractivity contribution in [3.8, 4) is 0 Å². The van der Waals surface area contributed by atoms with Crippen molar-refractivity contribution in [2.75, 3.05) is 52.7 Å². The number of carbonyl (C=O) groups is 2. The van der Waals surface area contributed by atoms with Crippen molar-refractivity contribution in [1.29, 1.82) is 0 Å². The molecule has 0 aliphatic carbocycles. The molecule has 0 aromatic carbocycles. The van der Waals surface area contributed by atoms with Gasteiger partial charge >= 0.3 is 12.1 Å². The van der Waals surface area contributed by atoms with Gasteiger partial charge in [-0.05, 0) is 89.6 Å². The van der Waals surface area contributed by atoms with Crippen LogP contribution in [0.3, 0.4) is 0 Å². The zero-order valence-electron chi connectivity index (χ0n) is 37.3. The van der Waals surface area contributed by atoms with Crippen LogP contribution in [0.2, 0.25) is 0 Å². The van der Waals surface area contributed by atoms with Gasteiger partial charge in [0.1, 0.15) is 6.61 Å². The number of esters is 1. The van der Waals surface area contributed by atoms with Gasteiger partial charge in [0.2, 0.25) is 0 Å². The maximum absolute atomic E-state index is 13.1. The van der Waals surface area contributed by atoms with Gasteiger partial charge in [0, 0.05) is 38.0 Å². The third kappa shape index (κ3) is 31.1. The summed E-state index contributed by atoms with van der Waals surface area (Å²) in [6.07, 6.45) is 35.1. The summed E-state index contributed by atoms with van der Waals surface area (Å²) in [7, 11) is 0. The van der Waals surface area contributed by atoms with E-state index in [1.165, 1.54) is 70.6 Å². The number of hydrogen-bond donors (Lipinski definition) is 0. The maximum atomic E-state index is 13.1. The highest BCUT2D eigenvalue weighted by atomic mass is 16.7. The number of unbranched alkanes of at least 4 members (excludes halogenated alkanes) is 10. The Bertz CT molecular complexity index is 920. The Hall–Kier alpha value is -1.90. The molecule has 0 amide bonds. The van der Waals surface area contributed by atoms with Gasteiger partial charge in [-0.15, -0.1) is 0 Å². The largest absolute Gasteiger partial charge is 0.508 e. The average Bonchev–Trinajstić information content (AvgIpc) is 3.21. The molecule has 1 rings (SSSR count). The number of carbonyl (C=O) groups excluding carboxylic acids is 2. The molecule has 0 radical (unpaired) electrons. The summed E-state index contributed by atoms with van der Waals surface area (Å²) >= 11 is 0. The van der Waals surface area contributed by atoms with Gasteiger partial charge in [0.15, 0.2) is 6.29 Å². The third-order valence-electron chi connectivity index (χ3n) is 11.1. The molecule has 328 valence electrons. The zero-order chi connectivity index (χ0) is 40.7. The van der Waals surface area contributed by atoms with Gasteiger partial charge in [0.05, 0.1) is 19.6 Å². The molecule has 1 aliphatic rings. The minimum absolute atomic E-state index is 0.0654. The van der Waals surface area contributed by atoms with Gasteiger partial charge in [-0.25, -0.2) is 4.79 Å². The number of allylic oxidation sites excluding steroid dienone is 4. The lowest BCUT2D eigenvalue weighted by atomic mass is 9.88. The lowest BCUT2D eigenvalue weighted by Crippen LogP contribution is -2.37. The van der Waals surface area contributed by atoms with E-state index in [1.54, 1.807) is 0 Å². The molecule has 1 fully saturated rings.